The molecule has 1 aliphatic rings. The van der Waals surface area contributed by atoms with Gasteiger partial charge in [0.15, 0.2) is 0 Å². The van der Waals surface area contributed by atoms with Gasteiger partial charge < -0.3 is 19.7 Å². The minimum atomic E-state index is -0.271. The Balaban J connectivity index is 1.25. The molecule has 190 valence electrons. The number of nitrogens with one attached hydrogen (secondary N) is 1. The summed E-state index contributed by atoms with van der Waals surface area (Å²) in [6.07, 6.45) is 0.984. The summed E-state index contributed by atoms with van der Waals surface area (Å²) in [5.74, 6) is 1.68. The third kappa shape index (κ3) is 7.56. The van der Waals surface area contributed by atoms with Crippen molar-refractivity contribution in [2.75, 3.05) is 50.1 Å². The Labute approximate surface area is 215 Å². The van der Waals surface area contributed by atoms with Crippen LogP contribution in [0.4, 0.5) is 21.8 Å². The highest BCUT2D eigenvalue weighted by Crippen LogP contribution is 2.27. The maximum Gasteiger partial charge on any atom is 0.305 e. The molecule has 10 heteroatoms. The number of halogens is 1. The first-order valence-electron chi connectivity index (χ1n) is 11.8. The predicted molar refractivity (Wildman–Crippen MR) is 139 cm³/mol. The van der Waals surface area contributed by atoms with Crippen LogP contribution < -0.4 is 15.0 Å². The van der Waals surface area contributed by atoms with Gasteiger partial charge in [-0.15, -0.1) is 0 Å². The van der Waals surface area contributed by atoms with Crippen LogP contribution in [0.2, 0.25) is 0 Å². The van der Waals surface area contributed by atoms with Crippen molar-refractivity contribution in [1.82, 2.24) is 14.3 Å². The van der Waals surface area contributed by atoms with Gasteiger partial charge >= 0.3 is 5.97 Å². The second-order valence-electron chi connectivity index (χ2n) is 8.33. The van der Waals surface area contributed by atoms with E-state index in [1.54, 1.807) is 24.1 Å². The Morgan fingerprint density at radius 1 is 1.06 bits per heavy atom. The molecule has 0 saturated carbocycles. The molecule has 36 heavy (non-hydrogen) atoms. The summed E-state index contributed by atoms with van der Waals surface area (Å²) in [5, 5.41) is 3.23. The molecular weight excluding hydrogens is 481 g/mol. The molecule has 1 saturated heterocycles. The number of benzene rings is 2. The van der Waals surface area contributed by atoms with E-state index in [1.807, 2.05) is 37.3 Å². The van der Waals surface area contributed by atoms with E-state index in [4.69, 9.17) is 4.74 Å². The van der Waals surface area contributed by atoms with Crippen LogP contribution in [0.15, 0.2) is 59.5 Å². The van der Waals surface area contributed by atoms with Crippen molar-refractivity contribution < 1.29 is 18.7 Å². The monoisotopic (exact) mass is 511 g/mol. The van der Waals surface area contributed by atoms with Crippen molar-refractivity contribution in [2.24, 2.45) is 0 Å². The lowest BCUT2D eigenvalue weighted by molar-refractivity contribution is -0.140. The highest BCUT2D eigenvalue weighted by Gasteiger charge is 2.20. The second-order valence-corrected chi connectivity index (χ2v) is 9.50. The Kier molecular flexibility index (Phi) is 8.96. The standard InChI is InChI=1S/C26H30FN5O3S/c1-19-18-24(29-21-7-5-20(27)6-8-21)30-26(28-19)31-13-15-32(16-14-31)36-23-11-9-22(10-12-23)35-17-3-4-25(33)34-2/h5-12,18H,3-4,13-17H2,1-2H3,(H,28,29,30). The number of hydrogen-bond acceptors (Lipinski definition) is 9. The molecule has 1 aromatic heterocycles. The van der Waals surface area contributed by atoms with Crippen molar-refractivity contribution in [3.05, 3.63) is 66.1 Å². The van der Waals surface area contributed by atoms with Crippen molar-refractivity contribution in [3.63, 3.8) is 0 Å². The molecule has 8 nitrogen and oxygen atoms in total. The van der Waals surface area contributed by atoms with Gasteiger partial charge in [-0.1, -0.05) is 0 Å². The molecule has 0 amide bonds. The summed E-state index contributed by atoms with van der Waals surface area (Å²) in [6.45, 7) is 5.79. The Morgan fingerprint density at radius 2 is 1.78 bits per heavy atom. The number of esters is 1. The summed E-state index contributed by atoms with van der Waals surface area (Å²) < 4.78 is 25.8. The van der Waals surface area contributed by atoms with E-state index in [9.17, 15) is 9.18 Å². The number of methoxy groups -OCH3 is 1. The van der Waals surface area contributed by atoms with Crippen molar-refractivity contribution in [3.8, 4) is 5.75 Å². The molecule has 2 heterocycles. The number of piperazine rings is 1. The summed E-state index contributed by atoms with van der Waals surface area (Å²) in [5.41, 5.74) is 1.65. The van der Waals surface area contributed by atoms with Gasteiger partial charge in [-0.25, -0.2) is 13.7 Å². The third-order valence-electron chi connectivity index (χ3n) is 5.56. The van der Waals surface area contributed by atoms with E-state index in [0.717, 1.165) is 48.2 Å². The molecule has 0 radical (unpaired) electrons. The molecule has 3 aromatic rings. The predicted octanol–water partition coefficient (Wildman–Crippen LogP) is 4.83. The lowest BCUT2D eigenvalue weighted by Crippen LogP contribution is -2.44. The molecule has 4 rings (SSSR count). The molecule has 1 N–H and O–H groups in total. The topological polar surface area (TPSA) is 79.8 Å². The molecule has 0 aliphatic carbocycles. The lowest BCUT2D eigenvalue weighted by Gasteiger charge is -2.34. The number of carbonyl (C=O) groups is 1. The molecule has 2 aromatic carbocycles. The van der Waals surface area contributed by atoms with Gasteiger partial charge in [0.2, 0.25) is 5.95 Å². The number of aromatic nitrogens is 2. The fourth-order valence-corrected chi connectivity index (χ4v) is 4.58. The number of aryl methyl sites for hydroxylation is 1. The number of nitrogens with zero attached hydrogens (tertiary/aromatic N) is 4. The van der Waals surface area contributed by atoms with Gasteiger partial charge in [-0.2, -0.15) is 4.98 Å². The largest absolute Gasteiger partial charge is 0.494 e. The van der Waals surface area contributed by atoms with Crippen molar-refractivity contribution >= 4 is 35.4 Å². The fraction of sp³-hybridized carbons (Fsp3) is 0.346. The SMILES string of the molecule is COC(=O)CCCOc1ccc(SN2CCN(c3nc(C)cc(Nc4ccc(F)cc4)n3)CC2)cc1. The smallest absolute Gasteiger partial charge is 0.305 e. The highest BCUT2D eigenvalue weighted by atomic mass is 32.2. The zero-order valence-electron chi connectivity index (χ0n) is 20.4. The summed E-state index contributed by atoms with van der Waals surface area (Å²) in [6, 6.07) is 16.1. The number of carbonyl (C=O) groups excluding carboxylic acids is 1. The maximum atomic E-state index is 13.2. The minimum Gasteiger partial charge on any atom is -0.494 e. The highest BCUT2D eigenvalue weighted by molar-refractivity contribution is 7.97. The summed E-state index contributed by atoms with van der Waals surface area (Å²) in [4.78, 5) is 23.8. The first-order valence-corrected chi connectivity index (χ1v) is 12.6. The van der Waals surface area contributed by atoms with Crippen molar-refractivity contribution in [2.45, 2.75) is 24.7 Å². The first kappa shape index (κ1) is 25.7. The molecule has 1 fully saturated rings. The molecule has 0 bridgehead atoms. The van der Waals surface area contributed by atoms with Gasteiger partial charge in [0, 0.05) is 54.9 Å². The summed E-state index contributed by atoms with van der Waals surface area (Å²) in [7, 11) is 1.39. The fourth-order valence-electron chi connectivity index (χ4n) is 3.67. The normalized spacial score (nSPS) is 13.9. The Hall–Kier alpha value is -3.37. The van der Waals surface area contributed by atoms with Crippen LogP contribution in [-0.2, 0) is 9.53 Å². The number of ether oxygens (including phenoxy) is 2. The van der Waals surface area contributed by atoms with Gasteiger partial charge in [0.25, 0.3) is 0 Å². The lowest BCUT2D eigenvalue weighted by atomic mass is 10.3. The van der Waals surface area contributed by atoms with Crippen LogP contribution in [0.3, 0.4) is 0 Å². The molecule has 0 spiro atoms. The molecular formula is C26H30FN5O3S. The Morgan fingerprint density at radius 3 is 2.47 bits per heavy atom. The summed E-state index contributed by atoms with van der Waals surface area (Å²) >= 11 is 1.72. The van der Waals surface area contributed by atoms with E-state index < -0.39 is 0 Å². The Bertz CT molecular complexity index is 1140. The zero-order chi connectivity index (χ0) is 25.3. The van der Waals surface area contributed by atoms with E-state index in [0.29, 0.717) is 31.2 Å². The van der Waals surface area contributed by atoms with E-state index in [2.05, 4.69) is 29.2 Å². The van der Waals surface area contributed by atoms with Crippen LogP contribution in [-0.4, -0.2) is 60.1 Å². The van der Waals surface area contributed by atoms with Crippen LogP contribution in [0, 0.1) is 12.7 Å². The number of rotatable bonds is 10. The second kappa shape index (κ2) is 12.5. The van der Waals surface area contributed by atoms with E-state index in [-0.39, 0.29) is 11.8 Å². The average Bonchev–Trinajstić information content (AvgIpc) is 2.89. The minimum absolute atomic E-state index is 0.221. The van der Waals surface area contributed by atoms with Crippen LogP contribution in [0.1, 0.15) is 18.5 Å². The third-order valence-corrected chi connectivity index (χ3v) is 6.67. The molecule has 0 unspecified atom stereocenters. The molecule has 0 atom stereocenters. The van der Waals surface area contributed by atoms with E-state index in [1.165, 1.54) is 19.2 Å². The van der Waals surface area contributed by atoms with Crippen LogP contribution in [0.5, 0.6) is 5.75 Å². The number of hydrogen-bond donors (Lipinski definition) is 1. The zero-order valence-corrected chi connectivity index (χ0v) is 21.3. The van der Waals surface area contributed by atoms with Gasteiger partial charge in [-0.05, 0) is 73.8 Å². The number of anilines is 3. The van der Waals surface area contributed by atoms with Crippen LogP contribution in [0.25, 0.3) is 0 Å². The van der Waals surface area contributed by atoms with E-state index >= 15 is 0 Å². The van der Waals surface area contributed by atoms with Gasteiger partial charge in [0.05, 0.1) is 13.7 Å². The van der Waals surface area contributed by atoms with Gasteiger partial charge in [0.1, 0.15) is 17.4 Å². The first-order chi connectivity index (χ1) is 17.5. The van der Waals surface area contributed by atoms with Crippen molar-refractivity contribution in [1.29, 1.82) is 0 Å². The van der Waals surface area contributed by atoms with Gasteiger partial charge in [-0.3, -0.25) is 4.79 Å². The molecule has 1 aliphatic heterocycles. The quantitative estimate of drug-likeness (QED) is 0.234. The average molecular weight is 512 g/mol. The maximum absolute atomic E-state index is 13.2. The van der Waals surface area contributed by atoms with Crippen LogP contribution >= 0.6 is 11.9 Å².